The van der Waals surface area contributed by atoms with Crippen LogP contribution in [0.5, 0.6) is 0 Å². The number of nitrogens with zero attached hydrogens (tertiary/aromatic N) is 1. The van der Waals surface area contributed by atoms with Crippen molar-refractivity contribution in [3.63, 3.8) is 0 Å². The number of likely N-dealkylation sites (N-methyl/N-ethyl adjacent to an activating group) is 1. The van der Waals surface area contributed by atoms with E-state index in [1.807, 2.05) is 21.1 Å². The fourth-order valence-corrected chi connectivity index (χ4v) is 6.01. The third-order valence-corrected chi connectivity index (χ3v) is 8.86. The molecule has 2 N–H and O–H groups in total. The van der Waals surface area contributed by atoms with Gasteiger partial charge >= 0.3 is 5.97 Å². The topological polar surface area (TPSA) is 125 Å². The summed E-state index contributed by atoms with van der Waals surface area (Å²) in [5.74, 6) is -0.754. The highest BCUT2D eigenvalue weighted by molar-refractivity contribution is 7.45. The first kappa shape index (κ1) is 42.5. The second-order valence-electron chi connectivity index (χ2n) is 13.2. The first-order valence-corrected chi connectivity index (χ1v) is 18.9. The molecule has 0 bridgehead atoms. The Bertz CT molecular complexity index is 688. The van der Waals surface area contributed by atoms with Crippen molar-refractivity contribution in [3.05, 3.63) is 0 Å². The Morgan fingerprint density at radius 1 is 0.721 bits per heavy atom. The number of aliphatic hydroxyl groups is 1. The highest BCUT2D eigenvalue weighted by Gasteiger charge is 2.27. The fourth-order valence-electron chi connectivity index (χ4n) is 5.07. The normalized spacial score (nSPS) is 14.9. The molecule has 0 spiro atoms. The highest BCUT2D eigenvalue weighted by Crippen LogP contribution is 2.41. The molecule has 0 aliphatic carbocycles. The lowest BCUT2D eigenvalue weighted by Crippen LogP contribution is -2.38. The van der Waals surface area contributed by atoms with Crippen LogP contribution in [0.3, 0.4) is 0 Å². The van der Waals surface area contributed by atoms with Gasteiger partial charge in [-0.05, 0) is 19.3 Å². The van der Waals surface area contributed by atoms with Crippen LogP contribution in [0.1, 0.15) is 148 Å². The fraction of sp³-hybridized carbons (Fsp3) is 0.970. The standard InChI is InChI=1S/C33H68NO8P/c1-5-6-7-8-9-10-11-12-13-14-15-16-19-22-25-31(42-43(38,39)41-29-27-34(2,3)4)32(30-35)40-28-24-21-18-17-20-23-26-33(36)37/h31-32,35H,5-30H2,1-4H3,(H-,36,37,38,39)/t31?,32-/m0/s1. The predicted molar refractivity (Wildman–Crippen MR) is 173 cm³/mol. The summed E-state index contributed by atoms with van der Waals surface area (Å²) >= 11 is 0. The van der Waals surface area contributed by atoms with Crippen molar-refractivity contribution in [3.8, 4) is 0 Å². The lowest BCUT2D eigenvalue weighted by atomic mass is 10.0. The van der Waals surface area contributed by atoms with Gasteiger partial charge in [0.1, 0.15) is 19.3 Å². The SMILES string of the molecule is CCCCCCCCCCCCCCCCC(OP(=O)([O-])OCC[N+](C)(C)C)[C@H](CO)OCCCCCCCCC(=O)O. The van der Waals surface area contributed by atoms with E-state index in [2.05, 4.69) is 6.92 Å². The summed E-state index contributed by atoms with van der Waals surface area (Å²) in [6.45, 7) is 2.90. The van der Waals surface area contributed by atoms with Gasteiger partial charge in [0.15, 0.2) is 0 Å². The molecule has 9 nitrogen and oxygen atoms in total. The van der Waals surface area contributed by atoms with Crippen molar-refractivity contribution in [2.75, 3.05) is 47.5 Å². The maximum absolute atomic E-state index is 12.6. The lowest BCUT2D eigenvalue weighted by Gasteiger charge is -2.33. The number of phosphoric ester groups is 1. The van der Waals surface area contributed by atoms with Gasteiger partial charge in [0.25, 0.3) is 7.82 Å². The molecule has 43 heavy (non-hydrogen) atoms. The molecule has 0 amide bonds. The Balaban J connectivity index is 4.47. The molecule has 0 aromatic rings. The van der Waals surface area contributed by atoms with Crippen LogP contribution in [0, 0.1) is 0 Å². The van der Waals surface area contributed by atoms with Gasteiger partial charge in [-0.2, -0.15) is 0 Å². The summed E-state index contributed by atoms with van der Waals surface area (Å²) in [6, 6.07) is 0. The number of rotatable bonds is 33. The van der Waals surface area contributed by atoms with E-state index < -0.39 is 26.0 Å². The number of carboxylic acids is 1. The average molecular weight is 638 g/mol. The highest BCUT2D eigenvalue weighted by atomic mass is 31.2. The van der Waals surface area contributed by atoms with Gasteiger partial charge in [0.2, 0.25) is 0 Å². The van der Waals surface area contributed by atoms with Crippen LogP contribution in [0.4, 0.5) is 0 Å². The molecule has 10 heteroatoms. The molecule has 3 atom stereocenters. The second-order valence-corrected chi connectivity index (χ2v) is 14.5. The second kappa shape index (κ2) is 27.7. The summed E-state index contributed by atoms with van der Waals surface area (Å²) in [7, 11) is 1.34. The Hall–Kier alpha value is -0.540. The number of aliphatic carboxylic acids is 1. The Morgan fingerprint density at radius 2 is 1.19 bits per heavy atom. The summed E-state index contributed by atoms with van der Waals surface area (Å²) in [5.41, 5.74) is 0. The van der Waals surface area contributed by atoms with Gasteiger partial charge in [-0.15, -0.1) is 0 Å². The summed E-state index contributed by atoms with van der Waals surface area (Å²) < 4.78 is 29.8. The first-order valence-electron chi connectivity index (χ1n) is 17.4. The summed E-state index contributed by atoms with van der Waals surface area (Å²) in [5, 5.41) is 18.8. The van der Waals surface area contributed by atoms with Gasteiger partial charge in [-0.1, -0.05) is 122 Å². The zero-order chi connectivity index (χ0) is 32.2. The molecule has 0 heterocycles. The number of carboxylic acid groups (broad SMARTS) is 1. The van der Waals surface area contributed by atoms with Crippen LogP contribution >= 0.6 is 7.82 Å². The number of carbonyl (C=O) groups is 1. The number of hydrogen-bond donors (Lipinski definition) is 2. The Kier molecular flexibility index (Phi) is 27.4. The minimum Gasteiger partial charge on any atom is -0.756 e. The van der Waals surface area contributed by atoms with Crippen LogP contribution in [-0.2, 0) is 23.1 Å². The van der Waals surface area contributed by atoms with Crippen molar-refractivity contribution in [1.29, 1.82) is 0 Å². The predicted octanol–water partition coefficient (Wildman–Crippen LogP) is 7.63. The molecule has 0 rings (SSSR count). The van der Waals surface area contributed by atoms with E-state index in [-0.39, 0.29) is 19.6 Å². The number of aliphatic hydroxyl groups excluding tert-OH is 1. The van der Waals surface area contributed by atoms with Crippen molar-refractivity contribution >= 4 is 13.8 Å². The molecule has 0 fully saturated rings. The molecule has 2 unspecified atom stereocenters. The molecule has 0 aromatic heterocycles. The molecule has 0 aromatic carbocycles. The van der Waals surface area contributed by atoms with E-state index in [4.69, 9.17) is 18.9 Å². The van der Waals surface area contributed by atoms with Crippen molar-refractivity contribution < 1.29 is 42.7 Å². The lowest BCUT2D eigenvalue weighted by molar-refractivity contribution is -0.870. The number of hydrogen-bond acceptors (Lipinski definition) is 7. The average Bonchev–Trinajstić information content (AvgIpc) is 2.92. The molecule has 0 saturated carbocycles. The number of ether oxygens (including phenoxy) is 1. The monoisotopic (exact) mass is 637 g/mol. The summed E-state index contributed by atoms with van der Waals surface area (Å²) in [4.78, 5) is 23.2. The largest absolute Gasteiger partial charge is 0.756 e. The number of phosphoric acid groups is 1. The number of unbranched alkanes of at least 4 members (excludes halogenated alkanes) is 18. The van der Waals surface area contributed by atoms with E-state index in [0.29, 0.717) is 30.5 Å². The van der Waals surface area contributed by atoms with Crippen molar-refractivity contribution in [2.45, 2.75) is 160 Å². The van der Waals surface area contributed by atoms with Crippen LogP contribution in [0.2, 0.25) is 0 Å². The van der Waals surface area contributed by atoms with Gasteiger partial charge < -0.3 is 33.4 Å². The minimum atomic E-state index is -4.55. The van der Waals surface area contributed by atoms with Crippen molar-refractivity contribution in [2.24, 2.45) is 0 Å². The maximum Gasteiger partial charge on any atom is 0.303 e. The van der Waals surface area contributed by atoms with Gasteiger partial charge in [-0.25, -0.2) is 0 Å². The molecule has 0 saturated heterocycles. The summed E-state index contributed by atoms with van der Waals surface area (Å²) in [6.07, 6.45) is 21.9. The first-order chi connectivity index (χ1) is 20.5. The third kappa shape index (κ3) is 29.9. The van der Waals surface area contributed by atoms with Crippen molar-refractivity contribution in [1.82, 2.24) is 0 Å². The molecule has 0 aliphatic rings. The third-order valence-electron chi connectivity index (χ3n) is 7.83. The van der Waals surface area contributed by atoms with E-state index in [1.54, 1.807) is 0 Å². The number of quaternary nitrogens is 1. The molecule has 0 aliphatic heterocycles. The van der Waals surface area contributed by atoms with E-state index in [9.17, 15) is 19.4 Å². The van der Waals surface area contributed by atoms with Gasteiger partial charge in [0, 0.05) is 13.0 Å². The van der Waals surface area contributed by atoms with E-state index >= 15 is 0 Å². The zero-order valence-corrected chi connectivity index (χ0v) is 29.2. The Labute approximate surface area is 264 Å². The smallest absolute Gasteiger partial charge is 0.303 e. The maximum atomic E-state index is 12.6. The van der Waals surface area contributed by atoms with E-state index in [0.717, 1.165) is 51.4 Å². The van der Waals surface area contributed by atoms with Crippen LogP contribution in [0.15, 0.2) is 0 Å². The van der Waals surface area contributed by atoms with Crippen LogP contribution < -0.4 is 4.89 Å². The van der Waals surface area contributed by atoms with E-state index in [1.165, 1.54) is 70.6 Å². The zero-order valence-electron chi connectivity index (χ0n) is 28.3. The molecule has 258 valence electrons. The Morgan fingerprint density at radius 3 is 1.65 bits per heavy atom. The van der Waals surface area contributed by atoms with Gasteiger partial charge in [0.05, 0.1) is 33.9 Å². The van der Waals surface area contributed by atoms with Crippen LogP contribution in [0.25, 0.3) is 0 Å². The molecular weight excluding hydrogens is 569 g/mol. The minimum absolute atomic E-state index is 0.0347. The molecular formula is C33H68NO8P. The quantitative estimate of drug-likeness (QED) is 0.0428. The van der Waals surface area contributed by atoms with Gasteiger partial charge in [-0.3, -0.25) is 9.36 Å². The molecule has 0 radical (unpaired) electrons. The van der Waals surface area contributed by atoms with Crippen LogP contribution in [-0.4, -0.2) is 80.4 Å².